The van der Waals surface area contributed by atoms with E-state index < -0.39 is 0 Å². The molecule has 130 valence electrons. The highest BCUT2D eigenvalue weighted by Gasteiger charge is 2.34. The fourth-order valence-electron chi connectivity index (χ4n) is 3.65. The van der Waals surface area contributed by atoms with E-state index in [2.05, 4.69) is 12.2 Å². The summed E-state index contributed by atoms with van der Waals surface area (Å²) < 4.78 is 13.4. The number of nitrogens with one attached hydrogen (secondary N) is 1. The minimum atomic E-state index is -0.369. The van der Waals surface area contributed by atoms with Gasteiger partial charge >= 0.3 is 6.03 Å². The first-order chi connectivity index (χ1) is 11.6. The third kappa shape index (κ3) is 3.52. The van der Waals surface area contributed by atoms with Crippen molar-refractivity contribution >= 4 is 17.6 Å². The molecule has 2 heterocycles. The zero-order chi connectivity index (χ0) is 17.1. The molecular formula is C18H24FN3O2. The summed E-state index contributed by atoms with van der Waals surface area (Å²) >= 11 is 0. The van der Waals surface area contributed by atoms with Crippen LogP contribution in [-0.2, 0) is 4.79 Å². The number of carbonyl (C=O) groups excluding carboxylic acids is 2. The Morgan fingerprint density at radius 3 is 2.96 bits per heavy atom. The summed E-state index contributed by atoms with van der Waals surface area (Å²) in [5.41, 5.74) is 0.543. The normalized spacial score (nSPS) is 24.3. The van der Waals surface area contributed by atoms with Crippen LogP contribution in [0.25, 0.3) is 0 Å². The molecule has 1 aromatic carbocycles. The lowest BCUT2D eigenvalue weighted by Gasteiger charge is -2.35. The molecule has 24 heavy (non-hydrogen) atoms. The van der Waals surface area contributed by atoms with Crippen molar-refractivity contribution in [2.45, 2.75) is 51.1 Å². The first-order valence-electron chi connectivity index (χ1n) is 8.71. The van der Waals surface area contributed by atoms with Gasteiger partial charge in [-0.2, -0.15) is 0 Å². The molecule has 1 N–H and O–H groups in total. The van der Waals surface area contributed by atoms with E-state index in [-0.39, 0.29) is 36.3 Å². The van der Waals surface area contributed by atoms with E-state index in [0.717, 1.165) is 32.2 Å². The molecule has 0 unspecified atom stereocenters. The van der Waals surface area contributed by atoms with Gasteiger partial charge in [-0.15, -0.1) is 0 Å². The van der Waals surface area contributed by atoms with Gasteiger partial charge in [0.15, 0.2) is 0 Å². The molecule has 2 aliphatic rings. The molecule has 2 saturated heterocycles. The van der Waals surface area contributed by atoms with Crippen LogP contribution >= 0.6 is 0 Å². The minimum Gasteiger partial charge on any atom is -0.333 e. The maximum Gasteiger partial charge on any atom is 0.317 e. The van der Waals surface area contributed by atoms with Gasteiger partial charge < -0.3 is 15.1 Å². The molecule has 0 radical (unpaired) electrons. The Kier molecular flexibility index (Phi) is 5.02. The van der Waals surface area contributed by atoms with Crippen LogP contribution in [0, 0.1) is 5.82 Å². The summed E-state index contributed by atoms with van der Waals surface area (Å²) in [4.78, 5) is 28.2. The van der Waals surface area contributed by atoms with E-state index >= 15 is 0 Å². The summed E-state index contributed by atoms with van der Waals surface area (Å²) in [6.45, 7) is 3.26. The van der Waals surface area contributed by atoms with E-state index in [9.17, 15) is 14.0 Å². The maximum absolute atomic E-state index is 13.4. The number of urea groups is 1. The van der Waals surface area contributed by atoms with Crippen LogP contribution in [0.1, 0.15) is 39.0 Å². The van der Waals surface area contributed by atoms with Crippen molar-refractivity contribution in [3.63, 3.8) is 0 Å². The topological polar surface area (TPSA) is 52.7 Å². The SMILES string of the molecule is CC[C@H]1CCCCN1C(=O)N[C@H]1CC(=O)N(c2cccc(F)c2)C1. The van der Waals surface area contributed by atoms with Crippen molar-refractivity contribution in [2.24, 2.45) is 0 Å². The number of rotatable bonds is 3. The van der Waals surface area contributed by atoms with Crippen LogP contribution in [0.2, 0.25) is 0 Å². The molecule has 3 amide bonds. The van der Waals surface area contributed by atoms with Crippen LogP contribution in [-0.4, -0.2) is 42.0 Å². The van der Waals surface area contributed by atoms with Gasteiger partial charge in [-0.3, -0.25) is 4.79 Å². The smallest absolute Gasteiger partial charge is 0.317 e. The zero-order valence-electron chi connectivity index (χ0n) is 14.0. The van der Waals surface area contributed by atoms with E-state index in [0.29, 0.717) is 12.2 Å². The number of nitrogens with zero attached hydrogens (tertiary/aromatic N) is 2. The van der Waals surface area contributed by atoms with Gasteiger partial charge in [-0.25, -0.2) is 9.18 Å². The van der Waals surface area contributed by atoms with Crippen molar-refractivity contribution in [3.05, 3.63) is 30.1 Å². The van der Waals surface area contributed by atoms with Gasteiger partial charge in [-0.1, -0.05) is 13.0 Å². The number of hydrogen-bond donors (Lipinski definition) is 1. The summed E-state index contributed by atoms with van der Waals surface area (Å²) in [5.74, 6) is -0.455. The number of halogens is 1. The average Bonchev–Trinajstić information content (AvgIpc) is 2.95. The van der Waals surface area contributed by atoms with Gasteiger partial charge in [0.25, 0.3) is 0 Å². The molecule has 0 aliphatic carbocycles. The average molecular weight is 333 g/mol. The van der Waals surface area contributed by atoms with Crippen LogP contribution in [0.5, 0.6) is 0 Å². The Morgan fingerprint density at radius 2 is 2.21 bits per heavy atom. The van der Waals surface area contributed by atoms with Crippen LogP contribution in [0.15, 0.2) is 24.3 Å². The van der Waals surface area contributed by atoms with Crippen molar-refractivity contribution in [1.29, 1.82) is 0 Å². The summed E-state index contributed by atoms with van der Waals surface area (Å²) in [7, 11) is 0. The maximum atomic E-state index is 13.4. The fourth-order valence-corrected chi connectivity index (χ4v) is 3.65. The van der Waals surface area contributed by atoms with E-state index in [1.54, 1.807) is 17.0 Å². The number of benzene rings is 1. The van der Waals surface area contributed by atoms with Gasteiger partial charge in [-0.05, 0) is 43.9 Å². The Labute approximate surface area is 141 Å². The lowest BCUT2D eigenvalue weighted by Crippen LogP contribution is -2.51. The van der Waals surface area contributed by atoms with Crippen LogP contribution in [0.4, 0.5) is 14.9 Å². The number of hydrogen-bond acceptors (Lipinski definition) is 2. The number of carbonyl (C=O) groups is 2. The summed E-state index contributed by atoms with van der Waals surface area (Å²) in [6, 6.07) is 5.97. The van der Waals surface area contributed by atoms with E-state index in [4.69, 9.17) is 0 Å². The Balaban J connectivity index is 1.62. The van der Waals surface area contributed by atoms with Gasteiger partial charge in [0.2, 0.25) is 5.91 Å². The summed E-state index contributed by atoms with van der Waals surface area (Å²) in [5, 5.41) is 2.99. The van der Waals surface area contributed by atoms with Gasteiger partial charge in [0.05, 0.1) is 6.04 Å². The Morgan fingerprint density at radius 1 is 1.38 bits per heavy atom. The molecule has 0 bridgehead atoms. The first kappa shape index (κ1) is 16.7. The molecule has 0 aromatic heterocycles. The number of amides is 3. The standard InChI is InChI=1S/C18H24FN3O2/c1-2-15-7-3-4-9-21(15)18(24)20-14-11-17(23)22(12-14)16-8-5-6-13(19)10-16/h5-6,8,10,14-15H,2-4,7,9,11-12H2,1H3,(H,20,24)/t14-,15-/m0/s1. The molecule has 2 atom stereocenters. The van der Waals surface area contributed by atoms with Crippen molar-refractivity contribution in [3.8, 4) is 0 Å². The highest BCUT2D eigenvalue weighted by Crippen LogP contribution is 2.23. The van der Waals surface area contributed by atoms with Crippen LogP contribution in [0.3, 0.4) is 0 Å². The van der Waals surface area contributed by atoms with Gasteiger partial charge in [0, 0.05) is 31.2 Å². The molecule has 0 spiro atoms. The number of anilines is 1. The molecule has 2 fully saturated rings. The molecular weight excluding hydrogens is 309 g/mol. The van der Waals surface area contributed by atoms with E-state index in [1.807, 2.05) is 4.90 Å². The number of likely N-dealkylation sites (tertiary alicyclic amines) is 1. The second-order valence-corrected chi connectivity index (χ2v) is 6.59. The monoisotopic (exact) mass is 333 g/mol. The van der Waals surface area contributed by atoms with Crippen molar-refractivity contribution in [2.75, 3.05) is 18.0 Å². The largest absolute Gasteiger partial charge is 0.333 e. The van der Waals surface area contributed by atoms with Gasteiger partial charge in [0.1, 0.15) is 5.82 Å². The van der Waals surface area contributed by atoms with Crippen LogP contribution < -0.4 is 10.2 Å². The second kappa shape index (κ2) is 7.20. The molecule has 1 aromatic rings. The first-order valence-corrected chi connectivity index (χ1v) is 8.71. The Hall–Kier alpha value is -2.11. The predicted molar refractivity (Wildman–Crippen MR) is 90.3 cm³/mol. The quantitative estimate of drug-likeness (QED) is 0.925. The molecule has 5 nitrogen and oxygen atoms in total. The van der Waals surface area contributed by atoms with Crippen molar-refractivity contribution in [1.82, 2.24) is 10.2 Å². The third-order valence-electron chi connectivity index (χ3n) is 4.93. The van der Waals surface area contributed by atoms with Crippen molar-refractivity contribution < 1.29 is 14.0 Å². The third-order valence-corrected chi connectivity index (χ3v) is 4.93. The summed E-state index contributed by atoms with van der Waals surface area (Å²) in [6.07, 6.45) is 4.45. The zero-order valence-corrected chi connectivity index (χ0v) is 14.0. The highest BCUT2D eigenvalue weighted by molar-refractivity contribution is 5.96. The molecule has 0 saturated carbocycles. The number of piperidine rings is 1. The Bertz CT molecular complexity index is 622. The second-order valence-electron chi connectivity index (χ2n) is 6.59. The minimum absolute atomic E-state index is 0.0829. The van der Waals surface area contributed by atoms with E-state index in [1.165, 1.54) is 12.1 Å². The molecule has 6 heteroatoms. The molecule has 2 aliphatic heterocycles. The molecule has 3 rings (SSSR count). The fraction of sp³-hybridized carbons (Fsp3) is 0.556. The lowest BCUT2D eigenvalue weighted by molar-refractivity contribution is -0.117. The predicted octanol–water partition coefficient (Wildman–Crippen LogP) is 2.91. The highest BCUT2D eigenvalue weighted by atomic mass is 19.1. The lowest BCUT2D eigenvalue weighted by atomic mass is 10.0.